The van der Waals surface area contributed by atoms with Crippen molar-refractivity contribution < 1.29 is 33.8 Å². The summed E-state index contributed by atoms with van der Waals surface area (Å²) in [4.78, 5) is 0. The molecule has 96 valence electrons. The Morgan fingerprint density at radius 1 is 0.286 bits per heavy atom. The summed E-state index contributed by atoms with van der Waals surface area (Å²) in [6.07, 6.45) is 0. The molecule has 0 aromatic carbocycles. The summed E-state index contributed by atoms with van der Waals surface area (Å²) in [5.41, 5.74) is 0. The fraction of sp³-hybridized carbons (Fsp3) is 0. The Hall–Kier alpha value is 0.796. The van der Waals surface area contributed by atoms with Crippen molar-refractivity contribution in [2.75, 3.05) is 0 Å². The molecule has 14 heteroatoms. The summed E-state index contributed by atoms with van der Waals surface area (Å²) in [6.45, 7) is 0. The van der Waals surface area contributed by atoms with Gasteiger partial charge < -0.3 is 0 Å². The summed E-state index contributed by atoms with van der Waals surface area (Å²) in [5, 5.41) is 0. The van der Waals surface area contributed by atoms with Crippen molar-refractivity contribution in [3.63, 3.8) is 0 Å². The molecule has 0 spiro atoms. The van der Waals surface area contributed by atoms with Gasteiger partial charge in [-0.15, -0.1) is 0 Å². The normalized spacial score (nSPS) is 23.1. The molecule has 0 saturated heterocycles. The van der Waals surface area contributed by atoms with Crippen LogP contribution in [0.5, 0.6) is 0 Å². The van der Waals surface area contributed by atoms with E-state index in [1.165, 1.54) is 0 Å². The molecule has 0 unspecified atom stereocenters. The monoisotopic (exact) mass is 470 g/mol. The minimum absolute atomic E-state index is 9.93. The molecular formula is F12Sb2-2. The Morgan fingerprint density at radius 3 is 0.286 bits per heavy atom. The predicted molar refractivity (Wildman–Crippen MR) is 24.8 cm³/mol. The van der Waals surface area contributed by atoms with Crippen LogP contribution in [0, 0.1) is 0 Å². The van der Waals surface area contributed by atoms with Crippen molar-refractivity contribution in [2.24, 2.45) is 0 Å². The van der Waals surface area contributed by atoms with Crippen LogP contribution in [0.25, 0.3) is 0 Å². The Labute approximate surface area is 72.7 Å². The van der Waals surface area contributed by atoms with Gasteiger partial charge in [-0.05, 0) is 0 Å². The van der Waals surface area contributed by atoms with Crippen molar-refractivity contribution >= 4 is 39.0 Å². The molecule has 0 aromatic heterocycles. The number of hydrogen-bond acceptors (Lipinski definition) is 0. The van der Waals surface area contributed by atoms with Crippen molar-refractivity contribution in [2.45, 2.75) is 0 Å². The maximum atomic E-state index is 9.93. The van der Waals surface area contributed by atoms with E-state index in [0.29, 0.717) is 0 Å². The van der Waals surface area contributed by atoms with Crippen molar-refractivity contribution in [1.29, 1.82) is 0 Å². The second kappa shape index (κ2) is 2.38. The molecule has 14 heavy (non-hydrogen) atoms. The summed E-state index contributed by atoms with van der Waals surface area (Å²) < 4.78 is 119. The van der Waals surface area contributed by atoms with E-state index < -0.39 is 39.0 Å². The van der Waals surface area contributed by atoms with Gasteiger partial charge in [-0.3, -0.25) is 0 Å². The summed E-state index contributed by atoms with van der Waals surface area (Å²) in [5.74, 6) is 0. The standard InChI is InChI=1S/12FH.2Sb/h12*1H;;/q;;;;;;;;;;;;2*+5/p-12. The van der Waals surface area contributed by atoms with Crippen LogP contribution >= 0.6 is 0 Å². The van der Waals surface area contributed by atoms with Gasteiger partial charge in [-0.2, -0.15) is 0 Å². The zero-order valence-corrected chi connectivity index (χ0v) is 10.5. The third-order valence-corrected chi connectivity index (χ3v) is 0. The van der Waals surface area contributed by atoms with Crippen LogP contribution in [-0.4, -0.2) is 39.0 Å². The Bertz CT molecular complexity index is 155. The van der Waals surface area contributed by atoms with E-state index in [1.807, 2.05) is 0 Å². The van der Waals surface area contributed by atoms with Gasteiger partial charge in [0, 0.05) is 0 Å². The van der Waals surface area contributed by atoms with Crippen LogP contribution in [0.1, 0.15) is 0 Å². The van der Waals surface area contributed by atoms with Gasteiger partial charge in [-0.25, -0.2) is 0 Å². The van der Waals surface area contributed by atoms with Crippen molar-refractivity contribution in [3.05, 3.63) is 0 Å². The molecule has 0 atom stereocenters. The van der Waals surface area contributed by atoms with Crippen LogP contribution in [0.3, 0.4) is 0 Å². The number of rotatable bonds is 0. The van der Waals surface area contributed by atoms with Gasteiger partial charge >= 0.3 is 72.7 Å². The first-order valence-electron chi connectivity index (χ1n) is 2.03. The fourth-order valence-electron chi connectivity index (χ4n) is 0. The third-order valence-electron chi connectivity index (χ3n) is 0. The van der Waals surface area contributed by atoms with Gasteiger partial charge in [0.25, 0.3) is 0 Å². The first-order valence-corrected chi connectivity index (χ1v) is 13.6. The number of hydrogen-bond donors (Lipinski definition) is 0. The Morgan fingerprint density at radius 2 is 0.286 bits per heavy atom. The average Bonchev–Trinajstić information content (AvgIpc) is 0.938. The minimum atomic E-state index is -11.2. The first-order chi connectivity index (χ1) is 4.90. The van der Waals surface area contributed by atoms with E-state index in [4.69, 9.17) is 0 Å². The SMILES string of the molecule is [F][Sb-]([F])([F])([F])([F])[F].[F][Sb-]([F])([F])([F])([F])[F]. The van der Waals surface area contributed by atoms with Crippen molar-refractivity contribution in [1.82, 2.24) is 0 Å². The topological polar surface area (TPSA) is 0 Å². The average molecular weight is 471 g/mol. The summed E-state index contributed by atoms with van der Waals surface area (Å²) in [7, 11) is 0. The van der Waals surface area contributed by atoms with Gasteiger partial charge in [0.05, 0.1) is 0 Å². The molecule has 0 amide bonds. The Kier molecular flexibility index (Phi) is 2.93. The molecule has 0 radical (unpaired) electrons. The quantitative estimate of drug-likeness (QED) is 0.366. The molecule has 0 bridgehead atoms. The molecule has 0 heterocycles. The summed E-state index contributed by atoms with van der Waals surface area (Å²) >= 11 is -22.5. The maximum absolute atomic E-state index is 11.2. The molecular weight excluding hydrogens is 471 g/mol. The number of halogens is 12. The molecule has 0 nitrogen and oxygen atoms in total. The second-order valence-corrected chi connectivity index (χ2v) is 12.9. The van der Waals surface area contributed by atoms with Gasteiger partial charge in [0.15, 0.2) is 0 Å². The molecule has 0 fully saturated rings. The molecule has 0 aromatic rings. The molecule has 0 N–H and O–H groups in total. The van der Waals surface area contributed by atoms with E-state index in [1.54, 1.807) is 0 Å². The second-order valence-electron chi connectivity index (χ2n) is 1.92. The van der Waals surface area contributed by atoms with E-state index in [-0.39, 0.29) is 0 Å². The van der Waals surface area contributed by atoms with Gasteiger partial charge in [-0.1, -0.05) is 0 Å². The molecule has 0 aliphatic rings. The van der Waals surface area contributed by atoms with E-state index in [9.17, 15) is 33.8 Å². The van der Waals surface area contributed by atoms with Crippen LogP contribution in [-0.2, 0) is 0 Å². The molecule has 0 aliphatic heterocycles. The van der Waals surface area contributed by atoms with Crippen LogP contribution in [0.2, 0.25) is 0 Å². The zero-order chi connectivity index (χ0) is 12.8. The van der Waals surface area contributed by atoms with Gasteiger partial charge in [0.2, 0.25) is 0 Å². The molecule has 0 saturated carbocycles. The fourth-order valence-corrected chi connectivity index (χ4v) is 0. The van der Waals surface area contributed by atoms with Crippen molar-refractivity contribution in [3.8, 4) is 0 Å². The van der Waals surface area contributed by atoms with Crippen LogP contribution in [0.4, 0.5) is 33.8 Å². The van der Waals surface area contributed by atoms with E-state index >= 15 is 0 Å². The molecule has 0 aliphatic carbocycles. The summed E-state index contributed by atoms with van der Waals surface area (Å²) in [6, 6.07) is 0. The van der Waals surface area contributed by atoms with Crippen LogP contribution < -0.4 is 0 Å². The first kappa shape index (κ1) is 17.2. The molecule has 0 rings (SSSR count). The van der Waals surface area contributed by atoms with E-state index in [2.05, 4.69) is 0 Å². The third kappa shape index (κ3) is 2810. The zero-order valence-electron chi connectivity index (χ0n) is 5.43. The predicted octanol–water partition coefficient (Wildman–Crippen LogP) is 4.28. The van der Waals surface area contributed by atoms with Crippen LogP contribution in [0.15, 0.2) is 0 Å². The van der Waals surface area contributed by atoms with Gasteiger partial charge in [0.1, 0.15) is 0 Å². The Balaban J connectivity index is 0. The van der Waals surface area contributed by atoms with E-state index in [0.717, 1.165) is 0 Å².